The van der Waals surface area contributed by atoms with E-state index in [2.05, 4.69) is 29.4 Å². The molecule has 2 aliphatic heterocycles. The standard InChI is InChI=1S/C25H27N3O3/c29-24-6-3-13-28(24)19-7-9-20(10-8-19)31-17-25(30)27-14-11-18(12-15-27)22-16-26-23-5-2-1-4-21(22)23/h1-2,4-5,7-10,16,18,26H,3,6,11-15,17H2. The Balaban J connectivity index is 1.13. The smallest absolute Gasteiger partial charge is 0.260 e. The van der Waals surface area contributed by atoms with E-state index in [1.54, 1.807) is 4.90 Å². The highest BCUT2D eigenvalue weighted by molar-refractivity contribution is 5.95. The Morgan fingerprint density at radius 3 is 2.55 bits per heavy atom. The molecule has 0 atom stereocenters. The van der Waals surface area contributed by atoms with Crippen molar-refractivity contribution < 1.29 is 14.3 Å². The third kappa shape index (κ3) is 4.02. The zero-order valence-electron chi connectivity index (χ0n) is 17.5. The van der Waals surface area contributed by atoms with Crippen LogP contribution < -0.4 is 9.64 Å². The number of nitrogens with one attached hydrogen (secondary N) is 1. The van der Waals surface area contributed by atoms with E-state index < -0.39 is 0 Å². The number of nitrogens with zero attached hydrogens (tertiary/aromatic N) is 2. The zero-order chi connectivity index (χ0) is 21.2. The Kier molecular flexibility index (Phi) is 5.37. The van der Waals surface area contributed by atoms with Crippen LogP contribution in [-0.4, -0.2) is 47.9 Å². The van der Waals surface area contributed by atoms with Gasteiger partial charge in [-0.3, -0.25) is 9.59 Å². The highest BCUT2D eigenvalue weighted by Crippen LogP contribution is 2.33. The van der Waals surface area contributed by atoms with Crippen molar-refractivity contribution in [3.8, 4) is 5.75 Å². The Hall–Kier alpha value is -3.28. The second-order valence-electron chi connectivity index (χ2n) is 8.38. The quantitative estimate of drug-likeness (QED) is 0.680. The van der Waals surface area contributed by atoms with Crippen molar-refractivity contribution in [2.75, 3.05) is 31.1 Å². The molecule has 6 nitrogen and oxygen atoms in total. The summed E-state index contributed by atoms with van der Waals surface area (Å²) in [5.74, 6) is 1.32. The van der Waals surface area contributed by atoms with Gasteiger partial charge in [0, 0.05) is 48.8 Å². The van der Waals surface area contributed by atoms with E-state index >= 15 is 0 Å². The molecule has 1 N–H and O–H groups in total. The average molecular weight is 418 g/mol. The summed E-state index contributed by atoms with van der Waals surface area (Å²) in [5, 5.41) is 1.29. The van der Waals surface area contributed by atoms with Crippen LogP contribution in [-0.2, 0) is 9.59 Å². The molecule has 2 aromatic carbocycles. The highest BCUT2D eigenvalue weighted by Gasteiger charge is 2.26. The topological polar surface area (TPSA) is 65.6 Å². The molecule has 3 aromatic rings. The number of amides is 2. The van der Waals surface area contributed by atoms with E-state index in [-0.39, 0.29) is 18.4 Å². The van der Waals surface area contributed by atoms with Crippen molar-refractivity contribution in [3.05, 3.63) is 60.3 Å². The van der Waals surface area contributed by atoms with Crippen molar-refractivity contribution in [1.29, 1.82) is 0 Å². The van der Waals surface area contributed by atoms with Crippen LogP contribution in [0.3, 0.4) is 0 Å². The summed E-state index contributed by atoms with van der Waals surface area (Å²) < 4.78 is 5.72. The van der Waals surface area contributed by atoms with E-state index in [1.807, 2.05) is 35.2 Å². The van der Waals surface area contributed by atoms with Crippen molar-refractivity contribution >= 4 is 28.4 Å². The summed E-state index contributed by atoms with van der Waals surface area (Å²) >= 11 is 0. The maximum atomic E-state index is 12.6. The lowest BCUT2D eigenvalue weighted by atomic mass is 9.89. The first-order chi connectivity index (χ1) is 15.2. The minimum atomic E-state index is 0.0242. The first kappa shape index (κ1) is 19.7. The minimum Gasteiger partial charge on any atom is -0.484 e. The van der Waals surface area contributed by atoms with E-state index in [1.165, 1.54) is 16.5 Å². The van der Waals surface area contributed by atoms with Crippen LogP contribution in [0, 0.1) is 0 Å². The fourth-order valence-corrected chi connectivity index (χ4v) is 4.75. The summed E-state index contributed by atoms with van der Waals surface area (Å²) in [6, 6.07) is 15.8. The number of piperidine rings is 1. The summed E-state index contributed by atoms with van der Waals surface area (Å²) in [4.78, 5) is 31.6. The maximum absolute atomic E-state index is 12.6. The van der Waals surface area contributed by atoms with Gasteiger partial charge in [-0.25, -0.2) is 0 Å². The Morgan fingerprint density at radius 2 is 1.81 bits per heavy atom. The number of hydrogen-bond acceptors (Lipinski definition) is 3. The largest absolute Gasteiger partial charge is 0.484 e. The number of benzene rings is 2. The van der Waals surface area contributed by atoms with Gasteiger partial charge < -0.3 is 19.5 Å². The normalized spacial score (nSPS) is 17.5. The second-order valence-corrected chi connectivity index (χ2v) is 8.38. The number of rotatable bonds is 5. The molecule has 2 saturated heterocycles. The molecular formula is C25H27N3O3. The Labute approximate surface area is 181 Å². The Bertz CT molecular complexity index is 1080. The lowest BCUT2D eigenvalue weighted by Gasteiger charge is -2.32. The fraction of sp³-hybridized carbons (Fsp3) is 0.360. The number of aromatic amines is 1. The number of anilines is 1. The molecule has 5 rings (SSSR count). The molecule has 2 aliphatic rings. The van der Waals surface area contributed by atoms with E-state index in [9.17, 15) is 9.59 Å². The molecule has 6 heteroatoms. The van der Waals surface area contributed by atoms with Crippen molar-refractivity contribution in [2.45, 2.75) is 31.6 Å². The van der Waals surface area contributed by atoms with Gasteiger partial charge in [0.05, 0.1) is 0 Å². The molecule has 2 fully saturated rings. The maximum Gasteiger partial charge on any atom is 0.260 e. The Morgan fingerprint density at radius 1 is 1.03 bits per heavy atom. The van der Waals surface area contributed by atoms with Gasteiger partial charge in [0.2, 0.25) is 5.91 Å². The van der Waals surface area contributed by atoms with E-state index in [4.69, 9.17) is 4.74 Å². The van der Waals surface area contributed by atoms with Gasteiger partial charge in [-0.05, 0) is 61.1 Å². The highest BCUT2D eigenvalue weighted by atomic mass is 16.5. The molecule has 0 unspecified atom stereocenters. The van der Waals surface area contributed by atoms with Crippen LogP contribution in [0.2, 0.25) is 0 Å². The average Bonchev–Trinajstić information content (AvgIpc) is 3.44. The second kappa shape index (κ2) is 8.46. The number of carbonyl (C=O) groups excluding carboxylic acids is 2. The van der Waals surface area contributed by atoms with Gasteiger partial charge in [0.1, 0.15) is 5.75 Å². The number of ether oxygens (including phenoxy) is 1. The van der Waals surface area contributed by atoms with Crippen LogP contribution in [0.4, 0.5) is 5.69 Å². The summed E-state index contributed by atoms with van der Waals surface area (Å²) in [7, 11) is 0. The first-order valence-electron chi connectivity index (χ1n) is 11.1. The van der Waals surface area contributed by atoms with E-state index in [0.29, 0.717) is 18.1 Å². The zero-order valence-corrected chi connectivity index (χ0v) is 17.5. The third-order valence-corrected chi connectivity index (χ3v) is 6.49. The van der Waals surface area contributed by atoms with Crippen LogP contribution in [0.25, 0.3) is 10.9 Å². The van der Waals surface area contributed by atoms with Gasteiger partial charge in [-0.15, -0.1) is 0 Å². The molecule has 0 spiro atoms. The van der Waals surface area contributed by atoms with Crippen molar-refractivity contribution in [3.63, 3.8) is 0 Å². The molecular weight excluding hydrogens is 390 g/mol. The van der Waals surface area contributed by atoms with Gasteiger partial charge in [0.15, 0.2) is 6.61 Å². The van der Waals surface area contributed by atoms with Crippen LogP contribution in [0.15, 0.2) is 54.7 Å². The predicted molar refractivity (Wildman–Crippen MR) is 120 cm³/mol. The molecule has 1 aromatic heterocycles. The number of para-hydroxylation sites is 1. The monoisotopic (exact) mass is 417 g/mol. The number of fused-ring (bicyclic) bond motifs is 1. The van der Waals surface area contributed by atoms with Gasteiger partial charge in [0.25, 0.3) is 5.91 Å². The molecule has 0 aliphatic carbocycles. The SMILES string of the molecule is O=C(COc1ccc(N2CCCC2=O)cc1)N1CCC(c2c[nH]c3ccccc23)CC1. The molecule has 2 amide bonds. The van der Waals surface area contributed by atoms with Crippen molar-refractivity contribution in [1.82, 2.24) is 9.88 Å². The molecule has 160 valence electrons. The summed E-state index contributed by atoms with van der Waals surface area (Å²) in [6.07, 6.45) is 5.57. The number of aromatic nitrogens is 1. The predicted octanol–water partition coefficient (Wildman–Crippen LogP) is 4.08. The third-order valence-electron chi connectivity index (χ3n) is 6.49. The lowest BCUT2D eigenvalue weighted by molar-refractivity contribution is -0.134. The van der Waals surface area contributed by atoms with Gasteiger partial charge in [-0.1, -0.05) is 18.2 Å². The minimum absolute atomic E-state index is 0.0242. The number of H-pyrrole nitrogens is 1. The molecule has 0 bridgehead atoms. The number of likely N-dealkylation sites (tertiary alicyclic amines) is 1. The lowest BCUT2D eigenvalue weighted by Crippen LogP contribution is -2.40. The first-order valence-corrected chi connectivity index (χ1v) is 11.1. The van der Waals surface area contributed by atoms with Gasteiger partial charge in [-0.2, -0.15) is 0 Å². The summed E-state index contributed by atoms with van der Waals surface area (Å²) in [5.41, 5.74) is 3.42. The fourth-order valence-electron chi connectivity index (χ4n) is 4.75. The molecule has 3 heterocycles. The summed E-state index contributed by atoms with van der Waals surface area (Å²) in [6.45, 7) is 2.32. The molecule has 0 saturated carbocycles. The van der Waals surface area contributed by atoms with Gasteiger partial charge >= 0.3 is 0 Å². The van der Waals surface area contributed by atoms with Crippen molar-refractivity contribution in [2.24, 2.45) is 0 Å². The number of hydrogen-bond donors (Lipinski definition) is 1. The van der Waals surface area contributed by atoms with Crippen LogP contribution in [0.5, 0.6) is 5.75 Å². The molecule has 0 radical (unpaired) electrons. The van der Waals surface area contributed by atoms with E-state index in [0.717, 1.165) is 44.6 Å². The van der Waals surface area contributed by atoms with Crippen LogP contribution >= 0.6 is 0 Å². The van der Waals surface area contributed by atoms with Crippen LogP contribution in [0.1, 0.15) is 37.2 Å². The molecule has 31 heavy (non-hydrogen) atoms. The number of carbonyl (C=O) groups is 2.